The van der Waals surface area contributed by atoms with Crippen molar-refractivity contribution >= 4 is 9.84 Å². The van der Waals surface area contributed by atoms with Gasteiger partial charge in [-0.3, -0.25) is 0 Å². The summed E-state index contributed by atoms with van der Waals surface area (Å²) in [6, 6.07) is 2.03. The van der Waals surface area contributed by atoms with E-state index in [1.165, 1.54) is 6.26 Å². The van der Waals surface area contributed by atoms with Gasteiger partial charge >= 0.3 is 0 Å². The minimum atomic E-state index is -3.19. The summed E-state index contributed by atoms with van der Waals surface area (Å²) in [4.78, 5) is 0. The maximum atomic E-state index is 11.5. The van der Waals surface area contributed by atoms with E-state index >= 15 is 0 Å². The van der Waals surface area contributed by atoms with Crippen LogP contribution in [0.1, 0.15) is 26.2 Å². The third-order valence-electron chi connectivity index (χ3n) is 2.64. The predicted octanol–water partition coefficient (Wildman–Crippen LogP) is 0.882. The lowest BCUT2D eigenvalue weighted by Crippen LogP contribution is -2.43. The molecule has 2 unspecified atom stereocenters. The predicted molar refractivity (Wildman–Crippen MR) is 52.5 cm³/mol. The summed E-state index contributed by atoms with van der Waals surface area (Å²) in [7, 11) is -3.19. The van der Waals surface area contributed by atoms with Gasteiger partial charge in [0.05, 0.1) is 6.07 Å². The average Bonchev–Trinajstić information content (AvgIpc) is 2.49. The number of hydrogen-bond acceptors (Lipinski definition) is 4. The molecule has 0 aliphatic heterocycles. The van der Waals surface area contributed by atoms with Gasteiger partial charge in [-0.2, -0.15) is 5.26 Å². The molecule has 1 aliphatic rings. The van der Waals surface area contributed by atoms with Crippen LogP contribution < -0.4 is 0 Å². The highest BCUT2D eigenvalue weighted by atomic mass is 32.2. The zero-order valence-electron chi connectivity index (χ0n) is 8.49. The van der Waals surface area contributed by atoms with Crippen molar-refractivity contribution in [2.45, 2.75) is 37.0 Å². The van der Waals surface area contributed by atoms with Crippen molar-refractivity contribution in [3.05, 3.63) is 0 Å². The van der Waals surface area contributed by atoms with Crippen LogP contribution in [0, 0.1) is 11.3 Å². The Balaban J connectivity index is 3.02. The largest absolute Gasteiger partial charge is 0.359 e. The summed E-state index contributed by atoms with van der Waals surface area (Å²) in [5, 5.41) is 8.39. The van der Waals surface area contributed by atoms with Gasteiger partial charge < -0.3 is 4.74 Å². The molecule has 0 amide bonds. The van der Waals surface area contributed by atoms with Crippen LogP contribution in [0.2, 0.25) is 0 Å². The molecule has 0 aromatic rings. The fourth-order valence-corrected chi connectivity index (χ4v) is 3.61. The smallest absolute Gasteiger partial charge is 0.170 e. The van der Waals surface area contributed by atoms with E-state index in [1.807, 2.05) is 6.07 Å². The average molecular weight is 217 g/mol. The third-order valence-corrected chi connectivity index (χ3v) is 4.29. The standard InChI is InChI=1S/C9H15NO3S/c1-3-13-9(7-10)6-4-5-8(9)14(2,11)12/h8H,3-6H2,1-2H3. The fraction of sp³-hybridized carbons (Fsp3) is 0.889. The molecule has 1 saturated carbocycles. The van der Waals surface area contributed by atoms with E-state index in [0.29, 0.717) is 19.4 Å². The van der Waals surface area contributed by atoms with Crippen molar-refractivity contribution < 1.29 is 13.2 Å². The Morgan fingerprint density at radius 1 is 1.64 bits per heavy atom. The first-order valence-corrected chi connectivity index (χ1v) is 6.66. The first-order valence-electron chi connectivity index (χ1n) is 4.70. The van der Waals surface area contributed by atoms with Gasteiger partial charge in [0.15, 0.2) is 15.4 Å². The molecule has 1 fully saturated rings. The van der Waals surface area contributed by atoms with E-state index < -0.39 is 20.7 Å². The van der Waals surface area contributed by atoms with Crippen LogP contribution in [-0.2, 0) is 14.6 Å². The molecule has 0 radical (unpaired) electrons. The minimum absolute atomic E-state index is 0.375. The van der Waals surface area contributed by atoms with Crippen LogP contribution in [0.4, 0.5) is 0 Å². The minimum Gasteiger partial charge on any atom is -0.359 e. The molecule has 80 valence electrons. The lowest BCUT2D eigenvalue weighted by molar-refractivity contribution is 0.0134. The molecule has 0 saturated heterocycles. The second kappa shape index (κ2) is 3.87. The number of rotatable bonds is 3. The molecule has 0 heterocycles. The fourth-order valence-electron chi connectivity index (χ4n) is 2.09. The van der Waals surface area contributed by atoms with Gasteiger partial charge in [0.1, 0.15) is 5.25 Å². The molecule has 14 heavy (non-hydrogen) atoms. The van der Waals surface area contributed by atoms with E-state index in [1.54, 1.807) is 6.92 Å². The van der Waals surface area contributed by atoms with Crippen LogP contribution in [0.5, 0.6) is 0 Å². The highest BCUT2D eigenvalue weighted by molar-refractivity contribution is 7.91. The van der Waals surface area contributed by atoms with Gasteiger partial charge in [0.2, 0.25) is 0 Å². The van der Waals surface area contributed by atoms with Crippen molar-refractivity contribution in [1.29, 1.82) is 5.26 Å². The van der Waals surface area contributed by atoms with Gasteiger partial charge in [-0.15, -0.1) is 0 Å². The Morgan fingerprint density at radius 3 is 2.71 bits per heavy atom. The van der Waals surface area contributed by atoms with Gasteiger partial charge in [0, 0.05) is 12.9 Å². The molecule has 1 rings (SSSR count). The molecule has 1 aliphatic carbocycles. The van der Waals surface area contributed by atoms with Crippen LogP contribution in [0.3, 0.4) is 0 Å². The van der Waals surface area contributed by atoms with Gasteiger partial charge in [0.25, 0.3) is 0 Å². The van der Waals surface area contributed by atoms with Crippen molar-refractivity contribution in [2.75, 3.05) is 12.9 Å². The summed E-state index contributed by atoms with van der Waals surface area (Å²) in [6.45, 7) is 2.15. The number of ether oxygens (including phenoxy) is 1. The van der Waals surface area contributed by atoms with Crippen LogP contribution >= 0.6 is 0 Å². The first-order chi connectivity index (χ1) is 6.46. The third kappa shape index (κ3) is 1.91. The Labute approximate surface area is 84.8 Å². The van der Waals surface area contributed by atoms with Crippen LogP contribution in [0.25, 0.3) is 0 Å². The van der Waals surface area contributed by atoms with Gasteiger partial charge in [-0.25, -0.2) is 8.42 Å². The second-order valence-electron chi connectivity index (χ2n) is 3.64. The number of sulfone groups is 1. The first kappa shape index (κ1) is 11.5. The van der Waals surface area contributed by atoms with Gasteiger partial charge in [-0.05, 0) is 26.2 Å². The van der Waals surface area contributed by atoms with E-state index in [0.717, 1.165) is 6.42 Å². The molecular formula is C9H15NO3S. The Kier molecular flexibility index (Phi) is 3.17. The zero-order chi connectivity index (χ0) is 10.8. The highest BCUT2D eigenvalue weighted by Crippen LogP contribution is 2.37. The van der Waals surface area contributed by atoms with Crippen molar-refractivity contribution in [2.24, 2.45) is 0 Å². The molecule has 0 aromatic heterocycles. The van der Waals surface area contributed by atoms with Gasteiger partial charge in [-0.1, -0.05) is 0 Å². The molecule has 2 atom stereocenters. The Morgan fingerprint density at radius 2 is 2.29 bits per heavy atom. The van der Waals surface area contributed by atoms with Crippen molar-refractivity contribution in [1.82, 2.24) is 0 Å². The van der Waals surface area contributed by atoms with E-state index in [4.69, 9.17) is 10.00 Å². The molecule has 0 aromatic carbocycles. The summed E-state index contributed by atoms with van der Waals surface area (Å²) in [5.41, 5.74) is -1.09. The van der Waals surface area contributed by atoms with Crippen molar-refractivity contribution in [3.63, 3.8) is 0 Å². The van der Waals surface area contributed by atoms with E-state index in [9.17, 15) is 8.42 Å². The molecule has 4 nitrogen and oxygen atoms in total. The molecule has 0 bridgehead atoms. The summed E-state index contributed by atoms with van der Waals surface area (Å²) < 4.78 is 28.2. The molecule has 0 spiro atoms. The topological polar surface area (TPSA) is 67.2 Å². The summed E-state index contributed by atoms with van der Waals surface area (Å²) >= 11 is 0. The van der Waals surface area contributed by atoms with Crippen molar-refractivity contribution in [3.8, 4) is 6.07 Å². The number of hydrogen-bond donors (Lipinski definition) is 0. The molecule has 0 N–H and O–H groups in total. The van der Waals surface area contributed by atoms with Crippen LogP contribution in [0.15, 0.2) is 0 Å². The normalized spacial score (nSPS) is 32.8. The lowest BCUT2D eigenvalue weighted by Gasteiger charge is -2.26. The Bertz CT molecular complexity index is 344. The summed E-state index contributed by atoms with van der Waals surface area (Å²) in [5.74, 6) is 0. The lowest BCUT2D eigenvalue weighted by atomic mass is 10.0. The van der Waals surface area contributed by atoms with E-state index in [2.05, 4.69) is 0 Å². The zero-order valence-corrected chi connectivity index (χ0v) is 9.30. The maximum Gasteiger partial charge on any atom is 0.170 e. The molecule has 5 heteroatoms. The quantitative estimate of drug-likeness (QED) is 0.704. The SMILES string of the molecule is CCOC1(C#N)CCCC1S(C)(=O)=O. The number of nitrogens with zero attached hydrogens (tertiary/aromatic N) is 1. The maximum absolute atomic E-state index is 11.5. The van der Waals surface area contributed by atoms with Crippen LogP contribution in [-0.4, -0.2) is 32.1 Å². The molecular weight excluding hydrogens is 202 g/mol. The Hall–Kier alpha value is -0.600. The van der Waals surface area contributed by atoms with E-state index in [-0.39, 0.29) is 0 Å². The number of nitriles is 1. The highest BCUT2D eigenvalue weighted by Gasteiger charge is 2.49. The summed E-state index contributed by atoms with van der Waals surface area (Å²) in [6.07, 6.45) is 2.97. The second-order valence-corrected chi connectivity index (χ2v) is 5.87. The monoisotopic (exact) mass is 217 g/mol.